The van der Waals surface area contributed by atoms with Crippen LogP contribution >= 0.6 is 0 Å². The number of carbonyl (C=O) groups is 1. The predicted molar refractivity (Wildman–Crippen MR) is 88.2 cm³/mol. The normalized spacial score (nSPS) is 14.6. The number of rotatable bonds is 3. The second-order valence-electron chi connectivity index (χ2n) is 5.70. The maximum absolute atomic E-state index is 12.4. The first-order chi connectivity index (χ1) is 10.6. The van der Waals surface area contributed by atoms with Crippen molar-refractivity contribution in [2.24, 2.45) is 5.73 Å². The summed E-state index contributed by atoms with van der Waals surface area (Å²) in [4.78, 5) is 18.9. The summed E-state index contributed by atoms with van der Waals surface area (Å²) in [7, 11) is 2.01. The van der Waals surface area contributed by atoms with Crippen molar-refractivity contribution in [1.29, 1.82) is 0 Å². The predicted octanol–water partition coefficient (Wildman–Crippen LogP) is 2.35. The van der Waals surface area contributed by atoms with Gasteiger partial charge >= 0.3 is 0 Å². The molecule has 1 atom stereocenters. The first kappa shape index (κ1) is 14.5. The van der Waals surface area contributed by atoms with Gasteiger partial charge in [0, 0.05) is 42.6 Å². The van der Waals surface area contributed by atoms with Crippen LogP contribution in [0.15, 0.2) is 36.5 Å². The number of nitrogens with zero attached hydrogens (tertiary/aromatic N) is 2. The van der Waals surface area contributed by atoms with E-state index in [1.165, 1.54) is 0 Å². The van der Waals surface area contributed by atoms with Gasteiger partial charge in [0.25, 0.3) is 5.91 Å². The Labute approximate surface area is 130 Å². The Kier molecular flexibility index (Phi) is 3.81. The number of carbonyl (C=O) groups excluding carboxylic acids is 1. The maximum Gasteiger partial charge on any atom is 0.255 e. The quantitative estimate of drug-likeness (QED) is 0.912. The Hall–Kier alpha value is -2.40. The van der Waals surface area contributed by atoms with Gasteiger partial charge in [-0.3, -0.25) is 4.79 Å². The highest BCUT2D eigenvalue weighted by Crippen LogP contribution is 2.30. The first-order valence-electron chi connectivity index (χ1n) is 7.42. The van der Waals surface area contributed by atoms with Gasteiger partial charge in [-0.25, -0.2) is 4.98 Å². The molecule has 0 bridgehead atoms. The number of anilines is 2. The number of hydrogen-bond donors (Lipinski definition) is 2. The molecule has 0 spiro atoms. The number of nitrogens with two attached hydrogens (primary N) is 1. The van der Waals surface area contributed by atoms with Gasteiger partial charge in [-0.2, -0.15) is 0 Å². The van der Waals surface area contributed by atoms with Gasteiger partial charge in [0.05, 0.1) is 0 Å². The lowest BCUT2D eigenvalue weighted by molar-refractivity contribution is 0.102. The monoisotopic (exact) mass is 296 g/mol. The first-order valence-corrected chi connectivity index (χ1v) is 7.42. The average Bonchev–Trinajstić information content (AvgIpc) is 2.90. The molecule has 1 unspecified atom stereocenters. The van der Waals surface area contributed by atoms with Crippen LogP contribution in [0.3, 0.4) is 0 Å². The van der Waals surface area contributed by atoms with Crippen molar-refractivity contribution < 1.29 is 4.79 Å². The van der Waals surface area contributed by atoms with Gasteiger partial charge in [-0.1, -0.05) is 12.1 Å². The zero-order valence-corrected chi connectivity index (χ0v) is 12.8. The average molecular weight is 296 g/mol. The SMILES string of the molecule is CC(N)c1ccc(C(=O)Nc2ccnc3c2CCN3C)cc1. The molecule has 2 heterocycles. The van der Waals surface area contributed by atoms with Crippen LogP contribution in [0.4, 0.5) is 11.5 Å². The van der Waals surface area contributed by atoms with Gasteiger partial charge < -0.3 is 16.0 Å². The fourth-order valence-corrected chi connectivity index (χ4v) is 2.69. The van der Waals surface area contributed by atoms with Crippen LogP contribution in [0, 0.1) is 0 Å². The van der Waals surface area contributed by atoms with Crippen molar-refractivity contribution in [1.82, 2.24) is 4.98 Å². The molecule has 0 radical (unpaired) electrons. The highest BCUT2D eigenvalue weighted by Gasteiger charge is 2.21. The lowest BCUT2D eigenvalue weighted by Gasteiger charge is -2.13. The van der Waals surface area contributed by atoms with Crippen molar-refractivity contribution in [2.75, 3.05) is 23.8 Å². The molecule has 1 aliphatic heterocycles. The van der Waals surface area contributed by atoms with Crippen molar-refractivity contribution in [3.8, 4) is 0 Å². The molecule has 114 valence electrons. The Morgan fingerprint density at radius 3 is 2.73 bits per heavy atom. The number of benzene rings is 1. The smallest absolute Gasteiger partial charge is 0.255 e. The lowest BCUT2D eigenvalue weighted by Crippen LogP contribution is -2.14. The van der Waals surface area contributed by atoms with E-state index in [0.29, 0.717) is 5.56 Å². The Bertz CT molecular complexity index is 694. The third kappa shape index (κ3) is 2.67. The van der Waals surface area contributed by atoms with E-state index in [9.17, 15) is 4.79 Å². The van der Waals surface area contributed by atoms with Crippen LogP contribution in [-0.4, -0.2) is 24.5 Å². The standard InChI is InChI=1S/C17H20N4O/c1-11(18)12-3-5-13(6-4-12)17(22)20-15-7-9-19-16-14(15)8-10-21(16)2/h3-7,9,11H,8,10,18H2,1-2H3,(H,19,20,22). The van der Waals surface area contributed by atoms with E-state index < -0.39 is 0 Å². The van der Waals surface area contributed by atoms with Crippen molar-refractivity contribution >= 4 is 17.4 Å². The van der Waals surface area contributed by atoms with Crippen LogP contribution in [0.25, 0.3) is 0 Å². The summed E-state index contributed by atoms with van der Waals surface area (Å²) in [6.45, 7) is 2.85. The number of amides is 1. The number of likely N-dealkylation sites (N-methyl/N-ethyl adjacent to an activating group) is 1. The second-order valence-corrected chi connectivity index (χ2v) is 5.70. The molecule has 0 fully saturated rings. The van der Waals surface area contributed by atoms with Crippen LogP contribution in [0.5, 0.6) is 0 Å². The molecule has 1 amide bonds. The van der Waals surface area contributed by atoms with Crippen LogP contribution in [0.1, 0.15) is 34.5 Å². The minimum atomic E-state index is -0.112. The fraction of sp³-hybridized carbons (Fsp3) is 0.294. The molecule has 0 aliphatic carbocycles. The van der Waals surface area contributed by atoms with E-state index in [1.54, 1.807) is 6.20 Å². The molecular weight excluding hydrogens is 276 g/mol. The molecular formula is C17H20N4O. The summed E-state index contributed by atoms with van der Waals surface area (Å²) in [5, 5.41) is 2.99. The summed E-state index contributed by atoms with van der Waals surface area (Å²) < 4.78 is 0. The van der Waals surface area contributed by atoms with Crippen LogP contribution in [-0.2, 0) is 6.42 Å². The second kappa shape index (κ2) is 5.77. The summed E-state index contributed by atoms with van der Waals surface area (Å²) in [5.74, 6) is 0.837. The topological polar surface area (TPSA) is 71.2 Å². The number of aromatic nitrogens is 1. The molecule has 3 rings (SSSR count). The highest BCUT2D eigenvalue weighted by atomic mass is 16.1. The molecule has 5 nitrogen and oxygen atoms in total. The Morgan fingerprint density at radius 2 is 2.05 bits per heavy atom. The van der Waals surface area contributed by atoms with Gasteiger partial charge in [0.15, 0.2) is 0 Å². The molecule has 0 saturated carbocycles. The summed E-state index contributed by atoms with van der Waals surface area (Å²) in [5.41, 5.74) is 9.41. The number of hydrogen-bond acceptors (Lipinski definition) is 4. The minimum absolute atomic E-state index is 0.0314. The maximum atomic E-state index is 12.4. The van der Waals surface area contributed by atoms with Gasteiger partial charge in [-0.15, -0.1) is 0 Å². The van der Waals surface area contributed by atoms with Crippen molar-refractivity contribution in [2.45, 2.75) is 19.4 Å². The van der Waals surface area contributed by atoms with E-state index in [4.69, 9.17) is 5.73 Å². The largest absolute Gasteiger partial charge is 0.359 e. The van der Waals surface area contributed by atoms with Gasteiger partial charge in [-0.05, 0) is 37.1 Å². The van der Waals surface area contributed by atoms with Crippen molar-refractivity contribution in [3.63, 3.8) is 0 Å². The minimum Gasteiger partial charge on any atom is -0.359 e. The third-order valence-electron chi connectivity index (χ3n) is 4.04. The van der Waals surface area contributed by atoms with E-state index in [-0.39, 0.29) is 11.9 Å². The molecule has 3 N–H and O–H groups in total. The van der Waals surface area contributed by atoms with E-state index >= 15 is 0 Å². The Balaban J connectivity index is 1.80. The summed E-state index contributed by atoms with van der Waals surface area (Å²) in [6.07, 6.45) is 2.63. The molecule has 1 aromatic carbocycles. The molecule has 1 aromatic heterocycles. The molecule has 0 saturated heterocycles. The van der Waals surface area contributed by atoms with E-state index in [0.717, 1.165) is 35.6 Å². The van der Waals surface area contributed by atoms with Gasteiger partial charge in [0.2, 0.25) is 0 Å². The molecule has 5 heteroatoms. The van der Waals surface area contributed by atoms with Crippen molar-refractivity contribution in [3.05, 3.63) is 53.2 Å². The lowest BCUT2D eigenvalue weighted by atomic mass is 10.1. The highest BCUT2D eigenvalue weighted by molar-refractivity contribution is 6.05. The number of nitrogens with one attached hydrogen (secondary N) is 1. The molecule has 2 aromatic rings. The van der Waals surface area contributed by atoms with Crippen LogP contribution in [0.2, 0.25) is 0 Å². The van der Waals surface area contributed by atoms with E-state index in [2.05, 4.69) is 15.2 Å². The summed E-state index contributed by atoms with van der Waals surface area (Å²) in [6, 6.07) is 9.22. The fourth-order valence-electron chi connectivity index (χ4n) is 2.69. The summed E-state index contributed by atoms with van der Waals surface area (Å²) >= 11 is 0. The van der Waals surface area contributed by atoms with Crippen LogP contribution < -0.4 is 16.0 Å². The zero-order valence-electron chi connectivity index (χ0n) is 12.8. The number of fused-ring (bicyclic) bond motifs is 1. The third-order valence-corrected chi connectivity index (χ3v) is 4.04. The molecule has 22 heavy (non-hydrogen) atoms. The number of pyridine rings is 1. The zero-order chi connectivity index (χ0) is 15.7. The van der Waals surface area contributed by atoms with E-state index in [1.807, 2.05) is 44.3 Å². The Morgan fingerprint density at radius 1 is 1.32 bits per heavy atom. The molecule has 1 aliphatic rings. The van der Waals surface area contributed by atoms with Gasteiger partial charge in [0.1, 0.15) is 5.82 Å².